The second-order valence-electron chi connectivity index (χ2n) is 6.38. The van der Waals surface area contributed by atoms with Gasteiger partial charge < -0.3 is 4.74 Å². The van der Waals surface area contributed by atoms with Crippen molar-refractivity contribution >= 4 is 11.8 Å². The van der Waals surface area contributed by atoms with Crippen LogP contribution in [0.3, 0.4) is 0 Å². The molecule has 4 heteroatoms. The van der Waals surface area contributed by atoms with Gasteiger partial charge in [-0.1, -0.05) is 42.5 Å². The van der Waals surface area contributed by atoms with Crippen LogP contribution in [0.1, 0.15) is 31.7 Å². The van der Waals surface area contributed by atoms with Crippen LogP contribution < -0.4 is 0 Å². The molecule has 122 valence electrons. The number of likely N-dealkylation sites (tertiary alicyclic amines) is 1. The number of hydrogen-bond acceptors (Lipinski definition) is 3. The fourth-order valence-electron chi connectivity index (χ4n) is 3.30. The van der Waals surface area contributed by atoms with Crippen LogP contribution in [0.2, 0.25) is 0 Å². The molecule has 1 aromatic rings. The molecule has 0 spiro atoms. The Bertz CT molecular complexity index is 570. The predicted molar refractivity (Wildman–Crippen MR) is 87.4 cm³/mol. The standard InChI is InChI=1S/C19H23NO3/c1-14(23-13-15-7-3-2-4-8-15)11-12-20-18(21)16-9-5-6-10-17(16)19(20)22/h2-8,14,16-17H,9-13H2,1H3. The first-order valence-corrected chi connectivity index (χ1v) is 8.32. The van der Waals surface area contributed by atoms with E-state index in [1.807, 2.05) is 49.4 Å². The van der Waals surface area contributed by atoms with Crippen molar-refractivity contribution in [1.82, 2.24) is 4.90 Å². The predicted octanol–water partition coefficient (Wildman–Crippen LogP) is 2.93. The molecule has 0 N–H and O–H groups in total. The van der Waals surface area contributed by atoms with Crippen molar-refractivity contribution in [2.45, 2.75) is 38.9 Å². The minimum absolute atomic E-state index is 0.000362. The molecule has 4 nitrogen and oxygen atoms in total. The Kier molecular flexibility index (Phi) is 4.91. The van der Waals surface area contributed by atoms with Gasteiger partial charge >= 0.3 is 0 Å². The summed E-state index contributed by atoms with van der Waals surface area (Å²) in [5.41, 5.74) is 1.13. The van der Waals surface area contributed by atoms with Crippen molar-refractivity contribution in [2.24, 2.45) is 11.8 Å². The molecular weight excluding hydrogens is 290 g/mol. The van der Waals surface area contributed by atoms with Crippen molar-refractivity contribution in [3.8, 4) is 0 Å². The van der Waals surface area contributed by atoms with Crippen LogP contribution >= 0.6 is 0 Å². The molecule has 0 bridgehead atoms. The summed E-state index contributed by atoms with van der Waals surface area (Å²) in [5, 5.41) is 0. The van der Waals surface area contributed by atoms with Gasteiger partial charge in [-0.3, -0.25) is 14.5 Å². The molecule has 2 aliphatic rings. The van der Waals surface area contributed by atoms with Crippen molar-refractivity contribution in [1.29, 1.82) is 0 Å². The highest BCUT2D eigenvalue weighted by atomic mass is 16.5. The topological polar surface area (TPSA) is 46.6 Å². The van der Waals surface area contributed by atoms with E-state index in [1.54, 1.807) is 0 Å². The second kappa shape index (κ2) is 7.09. The highest BCUT2D eigenvalue weighted by Gasteiger charge is 2.46. The van der Waals surface area contributed by atoms with Gasteiger partial charge in [-0.15, -0.1) is 0 Å². The number of nitrogens with zero attached hydrogens (tertiary/aromatic N) is 1. The van der Waals surface area contributed by atoms with Crippen molar-refractivity contribution in [3.05, 3.63) is 48.0 Å². The van der Waals surface area contributed by atoms with E-state index in [2.05, 4.69) is 0 Å². The lowest BCUT2D eigenvalue weighted by Crippen LogP contribution is -2.33. The Balaban J connectivity index is 1.48. The number of ether oxygens (including phenoxy) is 1. The molecule has 1 aliphatic heterocycles. The zero-order valence-corrected chi connectivity index (χ0v) is 13.5. The monoisotopic (exact) mass is 313 g/mol. The van der Waals surface area contributed by atoms with E-state index >= 15 is 0 Å². The molecule has 3 atom stereocenters. The molecule has 1 heterocycles. The fourth-order valence-corrected chi connectivity index (χ4v) is 3.30. The first kappa shape index (κ1) is 15.9. The Morgan fingerprint density at radius 1 is 1.09 bits per heavy atom. The number of carbonyl (C=O) groups is 2. The number of fused-ring (bicyclic) bond motifs is 1. The van der Waals surface area contributed by atoms with Gasteiger partial charge in [-0.05, 0) is 31.7 Å². The Morgan fingerprint density at radius 2 is 1.70 bits per heavy atom. The largest absolute Gasteiger partial charge is 0.374 e. The highest BCUT2D eigenvalue weighted by molar-refractivity contribution is 6.05. The Hall–Kier alpha value is -1.94. The molecular formula is C19H23NO3. The average molecular weight is 313 g/mol. The first-order valence-electron chi connectivity index (χ1n) is 8.32. The summed E-state index contributed by atoms with van der Waals surface area (Å²) in [5.74, 6) is -0.264. The fraction of sp³-hybridized carbons (Fsp3) is 0.474. The van der Waals surface area contributed by atoms with Crippen LogP contribution in [0.15, 0.2) is 42.5 Å². The lowest BCUT2D eigenvalue weighted by molar-refractivity contribution is -0.140. The molecule has 0 aromatic heterocycles. The van der Waals surface area contributed by atoms with Gasteiger partial charge in [0.05, 0.1) is 24.5 Å². The molecule has 0 saturated carbocycles. The summed E-state index contributed by atoms with van der Waals surface area (Å²) in [4.78, 5) is 26.2. The van der Waals surface area contributed by atoms with E-state index < -0.39 is 0 Å². The first-order chi connectivity index (χ1) is 11.2. The van der Waals surface area contributed by atoms with Gasteiger partial charge in [0.25, 0.3) is 0 Å². The molecule has 1 fully saturated rings. The third-order valence-corrected chi connectivity index (χ3v) is 4.74. The molecule has 0 radical (unpaired) electrons. The van der Waals surface area contributed by atoms with Gasteiger partial charge in [0.1, 0.15) is 0 Å². The zero-order chi connectivity index (χ0) is 16.2. The normalized spacial score (nSPS) is 24.8. The second-order valence-corrected chi connectivity index (χ2v) is 6.38. The van der Waals surface area contributed by atoms with E-state index in [4.69, 9.17) is 4.74 Å². The highest BCUT2D eigenvalue weighted by Crippen LogP contribution is 2.35. The Morgan fingerprint density at radius 3 is 2.30 bits per heavy atom. The van der Waals surface area contributed by atoms with E-state index in [1.165, 1.54) is 4.90 Å². The SMILES string of the molecule is CC(CCN1C(=O)C2CC=CCC2C1=O)OCc1ccccc1. The minimum Gasteiger partial charge on any atom is -0.374 e. The van der Waals surface area contributed by atoms with Crippen molar-refractivity contribution in [3.63, 3.8) is 0 Å². The third-order valence-electron chi connectivity index (χ3n) is 4.74. The summed E-state index contributed by atoms with van der Waals surface area (Å²) >= 11 is 0. The molecule has 2 amide bonds. The lowest BCUT2D eigenvalue weighted by atomic mass is 9.85. The number of hydrogen-bond donors (Lipinski definition) is 0. The number of carbonyl (C=O) groups excluding carboxylic acids is 2. The summed E-state index contributed by atoms with van der Waals surface area (Å²) in [6.07, 6.45) is 6.12. The molecule has 1 aromatic carbocycles. The van der Waals surface area contributed by atoms with Crippen molar-refractivity contribution in [2.75, 3.05) is 6.54 Å². The van der Waals surface area contributed by atoms with E-state index in [-0.39, 0.29) is 29.8 Å². The van der Waals surface area contributed by atoms with Gasteiger partial charge in [-0.2, -0.15) is 0 Å². The summed E-state index contributed by atoms with van der Waals surface area (Å²) in [6.45, 7) is 3.00. The van der Waals surface area contributed by atoms with Crippen LogP contribution in [-0.2, 0) is 20.9 Å². The average Bonchev–Trinajstić information content (AvgIpc) is 2.83. The maximum Gasteiger partial charge on any atom is 0.233 e. The third kappa shape index (κ3) is 3.53. The van der Waals surface area contributed by atoms with Gasteiger partial charge in [0, 0.05) is 6.54 Å². The van der Waals surface area contributed by atoms with E-state index in [0.29, 0.717) is 32.4 Å². The summed E-state index contributed by atoms with van der Waals surface area (Å²) in [7, 11) is 0. The Labute approximate surface area is 137 Å². The lowest BCUT2D eigenvalue weighted by Gasteiger charge is -2.18. The number of imide groups is 1. The van der Waals surface area contributed by atoms with Crippen molar-refractivity contribution < 1.29 is 14.3 Å². The maximum atomic E-state index is 12.4. The van der Waals surface area contributed by atoms with Gasteiger partial charge in [0.15, 0.2) is 0 Å². The van der Waals surface area contributed by atoms with Gasteiger partial charge in [0.2, 0.25) is 11.8 Å². The van der Waals surface area contributed by atoms with E-state index in [9.17, 15) is 9.59 Å². The molecule has 23 heavy (non-hydrogen) atoms. The molecule has 3 rings (SSSR count). The molecule has 1 saturated heterocycles. The number of rotatable bonds is 6. The summed E-state index contributed by atoms with van der Waals surface area (Å²) in [6, 6.07) is 10.0. The van der Waals surface area contributed by atoms with Crippen LogP contribution in [-0.4, -0.2) is 29.4 Å². The number of amides is 2. The van der Waals surface area contributed by atoms with Crippen LogP contribution in [0.25, 0.3) is 0 Å². The smallest absolute Gasteiger partial charge is 0.233 e. The van der Waals surface area contributed by atoms with Crippen LogP contribution in [0, 0.1) is 11.8 Å². The minimum atomic E-state index is -0.131. The number of benzene rings is 1. The van der Waals surface area contributed by atoms with Gasteiger partial charge in [-0.25, -0.2) is 0 Å². The zero-order valence-electron chi connectivity index (χ0n) is 13.5. The molecule has 3 unspecified atom stereocenters. The maximum absolute atomic E-state index is 12.4. The summed E-state index contributed by atoms with van der Waals surface area (Å²) < 4.78 is 5.82. The van der Waals surface area contributed by atoms with Crippen LogP contribution in [0.5, 0.6) is 0 Å². The number of allylic oxidation sites excluding steroid dienone is 2. The molecule has 1 aliphatic carbocycles. The quantitative estimate of drug-likeness (QED) is 0.599. The van der Waals surface area contributed by atoms with E-state index in [0.717, 1.165) is 5.56 Å². The van der Waals surface area contributed by atoms with Crippen LogP contribution in [0.4, 0.5) is 0 Å².